The van der Waals surface area contributed by atoms with Gasteiger partial charge in [-0.25, -0.2) is 9.18 Å². The van der Waals surface area contributed by atoms with Gasteiger partial charge in [0.2, 0.25) is 0 Å². The highest BCUT2D eigenvalue weighted by molar-refractivity contribution is 9.12. The molecule has 0 spiro atoms. The zero-order chi connectivity index (χ0) is 11.3. The molecule has 0 atom stereocenters. The van der Waals surface area contributed by atoms with Gasteiger partial charge in [0, 0.05) is 11.9 Å². The Morgan fingerprint density at radius 1 is 1.47 bits per heavy atom. The number of halogens is 2. The molecule has 0 aliphatic heterocycles. The number of methoxy groups -OCH3 is 1. The first-order valence-corrected chi connectivity index (χ1v) is 4.89. The van der Waals surface area contributed by atoms with Crippen LogP contribution in [0.5, 0.6) is 0 Å². The molecule has 0 aliphatic rings. The molecular formula is C10H9BrFNO2. The standard InChI is InChI=1S/C10H9BrFNO2/c1-15-10(14)9(11)6-13-8-4-2-7(12)3-5-8/h2-6,13H,1H3/b9-6-. The van der Waals surface area contributed by atoms with Crippen molar-refractivity contribution in [3.8, 4) is 0 Å². The third-order valence-corrected chi connectivity index (χ3v) is 2.14. The van der Waals surface area contributed by atoms with E-state index in [0.717, 1.165) is 0 Å². The maximum atomic E-state index is 12.5. The highest BCUT2D eigenvalue weighted by atomic mass is 79.9. The second-order valence-corrected chi connectivity index (χ2v) is 3.49. The number of hydrogen-bond acceptors (Lipinski definition) is 3. The first-order valence-electron chi connectivity index (χ1n) is 4.09. The average Bonchev–Trinajstić information content (AvgIpc) is 2.26. The molecule has 0 saturated heterocycles. The molecule has 1 aromatic rings. The Morgan fingerprint density at radius 2 is 2.07 bits per heavy atom. The lowest BCUT2D eigenvalue weighted by Gasteiger charge is -2.01. The maximum absolute atomic E-state index is 12.5. The predicted octanol–water partition coefficient (Wildman–Crippen LogP) is 2.65. The molecular weight excluding hydrogens is 265 g/mol. The van der Waals surface area contributed by atoms with Crippen molar-refractivity contribution in [1.82, 2.24) is 0 Å². The number of carbonyl (C=O) groups is 1. The SMILES string of the molecule is COC(=O)/C(Br)=C/Nc1ccc(F)cc1. The molecule has 5 heteroatoms. The minimum Gasteiger partial charge on any atom is -0.465 e. The van der Waals surface area contributed by atoms with Gasteiger partial charge in [0.1, 0.15) is 10.3 Å². The molecule has 0 aromatic heterocycles. The van der Waals surface area contributed by atoms with Crippen molar-refractivity contribution in [1.29, 1.82) is 0 Å². The first-order chi connectivity index (χ1) is 7.13. The summed E-state index contributed by atoms with van der Waals surface area (Å²) in [5.41, 5.74) is 0.678. The summed E-state index contributed by atoms with van der Waals surface area (Å²) in [6.45, 7) is 0. The molecule has 0 fully saturated rings. The van der Waals surface area contributed by atoms with Crippen LogP contribution in [0.3, 0.4) is 0 Å². The second-order valence-electron chi connectivity index (χ2n) is 2.64. The summed E-state index contributed by atoms with van der Waals surface area (Å²) in [7, 11) is 1.29. The van der Waals surface area contributed by atoms with Gasteiger partial charge >= 0.3 is 5.97 Å². The van der Waals surface area contributed by atoms with E-state index in [2.05, 4.69) is 26.0 Å². The van der Waals surface area contributed by atoms with E-state index in [4.69, 9.17) is 0 Å². The fraction of sp³-hybridized carbons (Fsp3) is 0.100. The third-order valence-electron chi connectivity index (χ3n) is 1.59. The number of benzene rings is 1. The van der Waals surface area contributed by atoms with Crippen LogP contribution >= 0.6 is 15.9 Å². The van der Waals surface area contributed by atoms with E-state index in [1.165, 1.54) is 25.4 Å². The second kappa shape index (κ2) is 5.50. The Bertz CT molecular complexity index is 376. The van der Waals surface area contributed by atoms with Crippen LogP contribution in [0.1, 0.15) is 0 Å². The normalized spacial score (nSPS) is 11.0. The van der Waals surface area contributed by atoms with Crippen LogP contribution in [0.25, 0.3) is 0 Å². The minimum absolute atomic E-state index is 0.259. The van der Waals surface area contributed by atoms with Crippen molar-refractivity contribution in [2.45, 2.75) is 0 Å². The Balaban J connectivity index is 2.63. The average molecular weight is 274 g/mol. The minimum atomic E-state index is -0.482. The third kappa shape index (κ3) is 3.71. The van der Waals surface area contributed by atoms with Gasteiger partial charge in [0.05, 0.1) is 7.11 Å². The highest BCUT2D eigenvalue weighted by Gasteiger charge is 2.03. The van der Waals surface area contributed by atoms with Crippen molar-refractivity contribution >= 4 is 27.6 Å². The van der Waals surface area contributed by atoms with Crippen molar-refractivity contribution in [2.24, 2.45) is 0 Å². The Hall–Kier alpha value is -1.36. The van der Waals surface area contributed by atoms with E-state index in [0.29, 0.717) is 5.69 Å². The molecule has 0 saturated carbocycles. The number of carbonyl (C=O) groups excluding carboxylic acids is 1. The Kier molecular flexibility index (Phi) is 4.30. The van der Waals surface area contributed by atoms with E-state index in [-0.39, 0.29) is 10.3 Å². The van der Waals surface area contributed by atoms with E-state index in [9.17, 15) is 9.18 Å². The van der Waals surface area contributed by atoms with Gasteiger partial charge in [-0.05, 0) is 40.2 Å². The van der Waals surface area contributed by atoms with Gasteiger partial charge in [-0.15, -0.1) is 0 Å². The van der Waals surface area contributed by atoms with E-state index in [1.54, 1.807) is 12.1 Å². The number of esters is 1. The fourth-order valence-corrected chi connectivity index (χ4v) is 1.13. The van der Waals surface area contributed by atoms with E-state index >= 15 is 0 Å². The molecule has 0 bridgehead atoms. The molecule has 0 heterocycles. The summed E-state index contributed by atoms with van der Waals surface area (Å²) < 4.78 is 17.3. The van der Waals surface area contributed by atoms with Gasteiger partial charge in [0.25, 0.3) is 0 Å². The Morgan fingerprint density at radius 3 is 2.60 bits per heavy atom. The van der Waals surface area contributed by atoms with E-state index in [1.807, 2.05) is 0 Å². The largest absolute Gasteiger partial charge is 0.465 e. The fourth-order valence-electron chi connectivity index (χ4n) is 0.849. The quantitative estimate of drug-likeness (QED) is 0.680. The molecule has 1 aromatic carbocycles. The lowest BCUT2D eigenvalue weighted by molar-refractivity contribution is -0.135. The smallest absolute Gasteiger partial charge is 0.346 e. The topological polar surface area (TPSA) is 38.3 Å². The lowest BCUT2D eigenvalue weighted by atomic mass is 10.3. The molecule has 0 radical (unpaired) electrons. The van der Waals surface area contributed by atoms with Gasteiger partial charge in [-0.1, -0.05) is 0 Å². The number of anilines is 1. The van der Waals surface area contributed by atoms with Gasteiger partial charge in [-0.3, -0.25) is 0 Å². The summed E-state index contributed by atoms with van der Waals surface area (Å²) in [4.78, 5) is 10.9. The van der Waals surface area contributed by atoms with Crippen molar-refractivity contribution < 1.29 is 13.9 Å². The zero-order valence-electron chi connectivity index (χ0n) is 7.96. The van der Waals surface area contributed by atoms with Gasteiger partial charge < -0.3 is 10.1 Å². The maximum Gasteiger partial charge on any atom is 0.346 e. The molecule has 3 nitrogen and oxygen atoms in total. The van der Waals surface area contributed by atoms with Crippen LogP contribution in [0.4, 0.5) is 10.1 Å². The summed E-state index contributed by atoms with van der Waals surface area (Å²) in [5, 5.41) is 2.81. The summed E-state index contributed by atoms with van der Waals surface area (Å²) in [6.07, 6.45) is 1.43. The molecule has 0 aliphatic carbocycles. The van der Waals surface area contributed by atoms with Crippen LogP contribution < -0.4 is 5.32 Å². The molecule has 0 amide bonds. The number of rotatable bonds is 3. The molecule has 15 heavy (non-hydrogen) atoms. The van der Waals surface area contributed by atoms with Crippen molar-refractivity contribution in [2.75, 3.05) is 12.4 Å². The number of hydrogen-bond donors (Lipinski definition) is 1. The summed E-state index contributed by atoms with van der Waals surface area (Å²) in [5.74, 6) is -0.791. The van der Waals surface area contributed by atoms with Crippen LogP contribution in [0.2, 0.25) is 0 Å². The summed E-state index contributed by atoms with van der Waals surface area (Å²) >= 11 is 3.03. The molecule has 1 N–H and O–H groups in total. The number of nitrogens with one attached hydrogen (secondary N) is 1. The Labute approximate surface area is 95.1 Å². The van der Waals surface area contributed by atoms with Crippen LogP contribution in [0, 0.1) is 5.82 Å². The molecule has 80 valence electrons. The zero-order valence-corrected chi connectivity index (χ0v) is 9.55. The molecule has 0 unspecified atom stereocenters. The first kappa shape index (κ1) is 11.7. The van der Waals surface area contributed by atoms with E-state index < -0.39 is 5.97 Å². The number of ether oxygens (including phenoxy) is 1. The summed E-state index contributed by atoms with van der Waals surface area (Å²) in [6, 6.07) is 5.76. The predicted molar refractivity (Wildman–Crippen MR) is 59.0 cm³/mol. The van der Waals surface area contributed by atoms with Crippen LogP contribution in [0.15, 0.2) is 34.9 Å². The van der Waals surface area contributed by atoms with Crippen LogP contribution in [-0.2, 0) is 9.53 Å². The molecule has 1 rings (SSSR count). The van der Waals surface area contributed by atoms with Crippen molar-refractivity contribution in [3.63, 3.8) is 0 Å². The monoisotopic (exact) mass is 273 g/mol. The highest BCUT2D eigenvalue weighted by Crippen LogP contribution is 2.11. The van der Waals surface area contributed by atoms with Gasteiger partial charge in [0.15, 0.2) is 0 Å². The van der Waals surface area contributed by atoms with Crippen LogP contribution in [-0.4, -0.2) is 13.1 Å². The van der Waals surface area contributed by atoms with Gasteiger partial charge in [-0.2, -0.15) is 0 Å². The lowest BCUT2D eigenvalue weighted by Crippen LogP contribution is -2.01. The van der Waals surface area contributed by atoms with Crippen molar-refractivity contribution in [3.05, 3.63) is 40.8 Å².